The van der Waals surface area contributed by atoms with E-state index in [-0.39, 0.29) is 17.7 Å². The Kier molecular flexibility index (Phi) is 3.80. The summed E-state index contributed by atoms with van der Waals surface area (Å²) in [6.07, 6.45) is 9.89. The molecule has 0 amide bonds. The van der Waals surface area contributed by atoms with Gasteiger partial charge in [0.2, 0.25) is 0 Å². The van der Waals surface area contributed by atoms with Gasteiger partial charge in [-0.3, -0.25) is 4.57 Å². The van der Waals surface area contributed by atoms with Gasteiger partial charge in [0.15, 0.2) is 11.8 Å². The molecule has 0 aromatic carbocycles. The van der Waals surface area contributed by atoms with Crippen molar-refractivity contribution in [3.8, 4) is 11.8 Å². The van der Waals surface area contributed by atoms with Crippen molar-refractivity contribution in [3.63, 3.8) is 0 Å². The lowest BCUT2D eigenvalue weighted by atomic mass is 9.87. The quantitative estimate of drug-likeness (QED) is 0.782. The molecule has 1 unspecified atom stereocenters. The third kappa shape index (κ3) is 2.05. The topological polar surface area (TPSA) is 45.4 Å². The highest BCUT2D eigenvalue weighted by Crippen LogP contribution is 2.43. The highest BCUT2D eigenvalue weighted by atomic mass is 16.3. The molecule has 2 N–H and O–H groups in total. The van der Waals surface area contributed by atoms with Crippen molar-refractivity contribution in [2.24, 2.45) is 0 Å². The fraction of sp³-hybridized carbons (Fsp3) is 0.467. The van der Waals surface area contributed by atoms with Crippen LogP contribution < -0.4 is 0 Å². The van der Waals surface area contributed by atoms with Gasteiger partial charge in [-0.05, 0) is 12.8 Å². The molecule has 1 aromatic rings. The average molecular weight is 247 g/mol. The summed E-state index contributed by atoms with van der Waals surface area (Å²) in [6, 6.07) is 0. The molecule has 0 radical (unpaired) electrons. The number of allylic oxidation sites excluding steroid dienone is 3. The van der Waals surface area contributed by atoms with Gasteiger partial charge in [-0.1, -0.05) is 38.0 Å². The molecular formula is C15H21NO2. The molecule has 1 atom stereocenters. The summed E-state index contributed by atoms with van der Waals surface area (Å²) < 4.78 is 1.53. The molecule has 0 fully saturated rings. The maximum absolute atomic E-state index is 10.3. The van der Waals surface area contributed by atoms with Crippen molar-refractivity contribution in [2.45, 2.75) is 45.1 Å². The number of hydrogen-bond acceptors (Lipinski definition) is 2. The van der Waals surface area contributed by atoms with Gasteiger partial charge < -0.3 is 10.2 Å². The van der Waals surface area contributed by atoms with Crippen LogP contribution in [0, 0.1) is 0 Å². The van der Waals surface area contributed by atoms with Crippen molar-refractivity contribution >= 4 is 0 Å². The van der Waals surface area contributed by atoms with E-state index in [1.54, 1.807) is 6.08 Å². The minimum atomic E-state index is 0.188. The zero-order valence-corrected chi connectivity index (χ0v) is 10.9. The molecule has 2 rings (SSSR count). The maximum Gasteiger partial charge on any atom is 0.198 e. The number of hydrogen-bond donors (Lipinski definition) is 2. The summed E-state index contributed by atoms with van der Waals surface area (Å²) in [7, 11) is 0. The second kappa shape index (κ2) is 5.34. The van der Waals surface area contributed by atoms with E-state index in [0.717, 1.165) is 30.4 Å². The fourth-order valence-corrected chi connectivity index (χ4v) is 2.67. The van der Waals surface area contributed by atoms with Crippen molar-refractivity contribution in [1.29, 1.82) is 0 Å². The molecule has 0 saturated carbocycles. The summed E-state index contributed by atoms with van der Waals surface area (Å²) in [5.41, 5.74) is 1.78. The predicted molar refractivity (Wildman–Crippen MR) is 73.1 cm³/mol. The first-order valence-electron chi connectivity index (χ1n) is 6.61. The zero-order valence-electron chi connectivity index (χ0n) is 10.9. The number of aromatic nitrogens is 1. The van der Waals surface area contributed by atoms with Crippen LogP contribution in [0.5, 0.6) is 11.8 Å². The first kappa shape index (κ1) is 12.8. The smallest absolute Gasteiger partial charge is 0.198 e. The van der Waals surface area contributed by atoms with Crippen LogP contribution in [-0.2, 0) is 13.0 Å². The van der Waals surface area contributed by atoms with Crippen LogP contribution in [0.3, 0.4) is 0 Å². The molecular weight excluding hydrogens is 226 g/mol. The van der Waals surface area contributed by atoms with E-state index in [9.17, 15) is 10.2 Å². The Hall–Kier alpha value is -1.64. The van der Waals surface area contributed by atoms with Gasteiger partial charge in [0.25, 0.3) is 0 Å². The van der Waals surface area contributed by atoms with E-state index in [4.69, 9.17) is 0 Å². The van der Waals surface area contributed by atoms with Gasteiger partial charge in [-0.15, -0.1) is 6.58 Å². The largest absolute Gasteiger partial charge is 0.494 e. The molecule has 1 aliphatic rings. The molecule has 1 heterocycles. The predicted octanol–water partition coefficient (Wildman–Crippen LogP) is 3.47. The Morgan fingerprint density at radius 3 is 2.89 bits per heavy atom. The van der Waals surface area contributed by atoms with Crippen molar-refractivity contribution in [2.75, 3.05) is 0 Å². The molecule has 3 nitrogen and oxygen atoms in total. The Bertz CT molecular complexity index is 471. The molecule has 98 valence electrons. The molecule has 0 saturated heterocycles. The maximum atomic E-state index is 10.3. The highest BCUT2D eigenvalue weighted by Gasteiger charge is 2.27. The lowest BCUT2D eigenvalue weighted by Gasteiger charge is -2.17. The monoisotopic (exact) mass is 247 g/mol. The number of rotatable bonds is 5. The van der Waals surface area contributed by atoms with Gasteiger partial charge in [-0.2, -0.15) is 0 Å². The fourth-order valence-electron chi connectivity index (χ4n) is 2.67. The Balaban J connectivity index is 2.39. The van der Waals surface area contributed by atoms with Crippen LogP contribution in [-0.4, -0.2) is 14.8 Å². The second-order valence-corrected chi connectivity index (χ2v) is 4.82. The lowest BCUT2D eigenvalue weighted by Crippen LogP contribution is -2.02. The highest BCUT2D eigenvalue weighted by molar-refractivity contribution is 5.52. The summed E-state index contributed by atoms with van der Waals surface area (Å²) in [5, 5.41) is 20.4. The van der Waals surface area contributed by atoms with Gasteiger partial charge in [0.05, 0.1) is 0 Å². The average Bonchev–Trinajstić information content (AvgIpc) is 2.63. The van der Waals surface area contributed by atoms with E-state index in [0.29, 0.717) is 13.0 Å². The summed E-state index contributed by atoms with van der Waals surface area (Å²) in [6.45, 7) is 6.25. The third-order valence-electron chi connectivity index (χ3n) is 3.59. The van der Waals surface area contributed by atoms with E-state index >= 15 is 0 Å². The van der Waals surface area contributed by atoms with Crippen LogP contribution in [0.1, 0.15) is 43.2 Å². The van der Waals surface area contributed by atoms with Crippen LogP contribution >= 0.6 is 0 Å². The molecule has 0 spiro atoms. The molecule has 18 heavy (non-hydrogen) atoms. The summed E-state index contributed by atoms with van der Waals surface area (Å²) in [5.74, 6) is 0.617. The van der Waals surface area contributed by atoms with Gasteiger partial charge in [0.1, 0.15) is 0 Å². The normalized spacial score (nSPS) is 17.7. The number of unbranched alkanes of at least 4 members (excludes halogenated alkanes) is 1. The Labute approximate surface area is 108 Å². The first-order chi connectivity index (χ1) is 8.70. The number of fused-ring (bicyclic) bond motifs is 1. The summed E-state index contributed by atoms with van der Waals surface area (Å²) in [4.78, 5) is 0. The third-order valence-corrected chi connectivity index (χ3v) is 3.59. The van der Waals surface area contributed by atoms with Gasteiger partial charge in [-0.25, -0.2) is 0 Å². The van der Waals surface area contributed by atoms with Crippen molar-refractivity contribution in [3.05, 3.63) is 35.9 Å². The minimum Gasteiger partial charge on any atom is -0.494 e. The van der Waals surface area contributed by atoms with Crippen LogP contribution in [0.15, 0.2) is 24.8 Å². The molecule has 3 heteroatoms. The molecule has 0 aliphatic heterocycles. The zero-order chi connectivity index (χ0) is 13.1. The van der Waals surface area contributed by atoms with Crippen LogP contribution in [0.2, 0.25) is 0 Å². The van der Waals surface area contributed by atoms with E-state index in [1.807, 2.05) is 0 Å². The SMILES string of the molecule is C=CCn1c(O)c2c(c1O)C(CCCC)C=CC2. The second-order valence-electron chi connectivity index (χ2n) is 4.82. The molecule has 1 aromatic heterocycles. The minimum absolute atomic E-state index is 0.188. The van der Waals surface area contributed by atoms with Crippen molar-refractivity contribution < 1.29 is 10.2 Å². The number of nitrogens with zero attached hydrogens (tertiary/aromatic N) is 1. The van der Waals surface area contributed by atoms with E-state index in [2.05, 4.69) is 25.7 Å². The van der Waals surface area contributed by atoms with E-state index < -0.39 is 0 Å². The Morgan fingerprint density at radius 1 is 1.44 bits per heavy atom. The standard InChI is InChI=1S/C15H21NO2/c1-3-5-7-11-8-6-9-12-13(11)15(18)16(10-4-2)14(12)17/h4,6,8,11,17-18H,2-3,5,7,9-10H2,1H3. The molecule has 0 bridgehead atoms. The van der Waals surface area contributed by atoms with Gasteiger partial charge in [0, 0.05) is 23.6 Å². The lowest BCUT2D eigenvalue weighted by molar-refractivity contribution is 0.375. The molecule has 1 aliphatic carbocycles. The number of aromatic hydroxyl groups is 2. The van der Waals surface area contributed by atoms with E-state index in [1.165, 1.54) is 4.57 Å². The van der Waals surface area contributed by atoms with Crippen molar-refractivity contribution in [1.82, 2.24) is 4.57 Å². The van der Waals surface area contributed by atoms with Crippen LogP contribution in [0.25, 0.3) is 0 Å². The van der Waals surface area contributed by atoms with Crippen LogP contribution in [0.4, 0.5) is 0 Å². The van der Waals surface area contributed by atoms with Gasteiger partial charge >= 0.3 is 0 Å². The summed E-state index contributed by atoms with van der Waals surface area (Å²) >= 11 is 0. The first-order valence-corrected chi connectivity index (χ1v) is 6.61. The Morgan fingerprint density at radius 2 is 2.22 bits per heavy atom.